The summed E-state index contributed by atoms with van der Waals surface area (Å²) in [7, 11) is 1.68. The second-order valence-corrected chi connectivity index (χ2v) is 8.98. The Hall–Kier alpha value is -3.25. The maximum atomic E-state index is 13.4. The summed E-state index contributed by atoms with van der Waals surface area (Å²) >= 11 is 6.31. The van der Waals surface area contributed by atoms with E-state index in [1.54, 1.807) is 19.5 Å². The number of ether oxygens (including phenoxy) is 1. The summed E-state index contributed by atoms with van der Waals surface area (Å²) in [5, 5.41) is 3.82. The zero-order chi connectivity index (χ0) is 22.8. The summed E-state index contributed by atoms with van der Waals surface area (Å²) in [6.45, 7) is 2.84. The summed E-state index contributed by atoms with van der Waals surface area (Å²) < 4.78 is 5.61. The van der Waals surface area contributed by atoms with Gasteiger partial charge in [-0.15, -0.1) is 0 Å². The van der Waals surface area contributed by atoms with E-state index in [-0.39, 0.29) is 17.9 Å². The van der Waals surface area contributed by atoms with Crippen molar-refractivity contribution in [3.63, 3.8) is 0 Å². The lowest BCUT2D eigenvalue weighted by Gasteiger charge is -2.49. The van der Waals surface area contributed by atoms with Gasteiger partial charge in [-0.2, -0.15) is 0 Å². The number of nitrogens with one attached hydrogen (secondary N) is 1. The van der Waals surface area contributed by atoms with Crippen LogP contribution in [0.5, 0.6) is 5.75 Å². The van der Waals surface area contributed by atoms with E-state index in [9.17, 15) is 4.79 Å². The van der Waals surface area contributed by atoms with Crippen LogP contribution < -0.4 is 19.9 Å². The number of hydrogen-bond donors (Lipinski definition) is 1. The minimum Gasteiger partial charge on any atom is -0.495 e. The molecule has 0 radical (unpaired) electrons. The number of aromatic nitrogens is 1. The topological polar surface area (TPSA) is 57.7 Å². The number of anilines is 2. The van der Waals surface area contributed by atoms with E-state index in [1.807, 2.05) is 30.3 Å². The Bertz CT molecular complexity index is 1140. The molecule has 1 saturated heterocycles. The van der Waals surface area contributed by atoms with Gasteiger partial charge in [-0.25, -0.2) is 0 Å². The first-order chi connectivity index (χ1) is 16.1. The smallest absolute Gasteiger partial charge is 0.225 e. The Balaban J connectivity index is 1.42. The molecule has 2 atom stereocenters. The molecule has 1 fully saturated rings. The number of amides is 1. The molecule has 5 rings (SSSR count). The van der Waals surface area contributed by atoms with Gasteiger partial charge in [0.15, 0.2) is 0 Å². The number of para-hydroxylation sites is 1. The van der Waals surface area contributed by atoms with Gasteiger partial charge in [-0.05, 0) is 47.9 Å². The normalized spacial score (nSPS) is 19.5. The number of benzene rings is 2. The highest BCUT2D eigenvalue weighted by molar-refractivity contribution is 6.31. The quantitative estimate of drug-likeness (QED) is 0.622. The molecule has 6 nitrogen and oxygen atoms in total. The van der Waals surface area contributed by atoms with Gasteiger partial charge in [-0.3, -0.25) is 9.78 Å². The number of carbonyl (C=O) groups is 1. The van der Waals surface area contributed by atoms with E-state index in [0.29, 0.717) is 11.6 Å². The van der Waals surface area contributed by atoms with Crippen molar-refractivity contribution in [2.24, 2.45) is 5.92 Å². The average Bonchev–Trinajstić information content (AvgIpc) is 2.87. The predicted molar refractivity (Wildman–Crippen MR) is 131 cm³/mol. The van der Waals surface area contributed by atoms with E-state index in [4.69, 9.17) is 16.3 Å². The van der Waals surface area contributed by atoms with Crippen LogP contribution in [0.25, 0.3) is 0 Å². The van der Waals surface area contributed by atoms with Crippen LogP contribution in [0, 0.1) is 5.92 Å². The molecule has 1 amide bonds. The Morgan fingerprint density at radius 1 is 1.15 bits per heavy atom. The molecule has 0 saturated carbocycles. The molecule has 1 aromatic heterocycles. The SMILES string of the molecule is COc1ccc(Cl)cc1N1CCN2c3ccccc3CC(C(=O)NCc3cccnc3)C2C1. The monoisotopic (exact) mass is 462 g/mol. The maximum Gasteiger partial charge on any atom is 0.225 e. The summed E-state index contributed by atoms with van der Waals surface area (Å²) in [4.78, 5) is 22.3. The molecule has 1 N–H and O–H groups in total. The molecule has 0 aliphatic carbocycles. The predicted octanol–water partition coefficient (Wildman–Crippen LogP) is 3.93. The third-order valence-electron chi connectivity index (χ3n) is 6.63. The van der Waals surface area contributed by atoms with Crippen LogP contribution in [0.3, 0.4) is 0 Å². The van der Waals surface area contributed by atoms with Crippen molar-refractivity contribution in [3.05, 3.63) is 83.1 Å². The molecule has 2 unspecified atom stereocenters. The highest BCUT2D eigenvalue weighted by atomic mass is 35.5. The van der Waals surface area contributed by atoms with Crippen molar-refractivity contribution >= 4 is 28.9 Å². The number of piperazine rings is 1. The minimum absolute atomic E-state index is 0.0474. The Labute approximate surface area is 199 Å². The van der Waals surface area contributed by atoms with Crippen LogP contribution >= 0.6 is 11.6 Å². The van der Waals surface area contributed by atoms with Crippen LogP contribution in [-0.4, -0.2) is 43.7 Å². The molecule has 0 spiro atoms. The van der Waals surface area contributed by atoms with Crippen molar-refractivity contribution in [2.75, 3.05) is 36.5 Å². The number of halogens is 1. The van der Waals surface area contributed by atoms with Gasteiger partial charge in [0.05, 0.1) is 24.8 Å². The number of hydrogen-bond acceptors (Lipinski definition) is 5. The first-order valence-corrected chi connectivity index (χ1v) is 11.6. The van der Waals surface area contributed by atoms with E-state index in [2.05, 4.69) is 44.4 Å². The second kappa shape index (κ2) is 9.32. The maximum absolute atomic E-state index is 13.4. The molecule has 2 aliphatic heterocycles. The number of pyridine rings is 1. The standard InChI is InChI=1S/C26H27ClN4O2/c1-33-25-9-8-20(27)14-23(25)30-11-12-31-22-7-3-2-6-19(22)13-21(24(31)17-30)26(32)29-16-18-5-4-10-28-15-18/h2-10,14-15,21,24H,11-13,16-17H2,1H3,(H,29,32). The van der Waals surface area contributed by atoms with Crippen LogP contribution in [-0.2, 0) is 17.8 Å². The fourth-order valence-electron chi connectivity index (χ4n) is 5.01. The highest BCUT2D eigenvalue weighted by Crippen LogP contribution is 2.39. The van der Waals surface area contributed by atoms with Gasteiger partial charge in [-0.1, -0.05) is 35.9 Å². The Morgan fingerprint density at radius 3 is 2.85 bits per heavy atom. The molecule has 3 heterocycles. The molecule has 2 aliphatic rings. The summed E-state index contributed by atoms with van der Waals surface area (Å²) in [5.74, 6) is 0.703. The molecule has 33 heavy (non-hydrogen) atoms. The summed E-state index contributed by atoms with van der Waals surface area (Å²) in [6.07, 6.45) is 4.25. The molecule has 0 bridgehead atoms. The van der Waals surface area contributed by atoms with Crippen molar-refractivity contribution in [1.29, 1.82) is 0 Å². The van der Waals surface area contributed by atoms with Gasteiger partial charge in [0.1, 0.15) is 5.75 Å². The number of methoxy groups -OCH3 is 1. The van der Waals surface area contributed by atoms with Gasteiger partial charge < -0.3 is 19.9 Å². The number of nitrogens with zero attached hydrogens (tertiary/aromatic N) is 3. The van der Waals surface area contributed by atoms with Crippen molar-refractivity contribution < 1.29 is 9.53 Å². The van der Waals surface area contributed by atoms with E-state index in [1.165, 1.54) is 11.3 Å². The first-order valence-electron chi connectivity index (χ1n) is 11.2. The lowest BCUT2D eigenvalue weighted by atomic mass is 9.83. The van der Waals surface area contributed by atoms with Gasteiger partial charge in [0.2, 0.25) is 5.91 Å². The largest absolute Gasteiger partial charge is 0.495 e. The zero-order valence-corrected chi connectivity index (χ0v) is 19.3. The van der Waals surface area contributed by atoms with E-state index >= 15 is 0 Å². The van der Waals surface area contributed by atoms with Gasteiger partial charge >= 0.3 is 0 Å². The van der Waals surface area contributed by atoms with E-state index in [0.717, 1.165) is 43.1 Å². The third-order valence-corrected chi connectivity index (χ3v) is 6.87. The molecule has 170 valence electrons. The van der Waals surface area contributed by atoms with Crippen molar-refractivity contribution in [1.82, 2.24) is 10.3 Å². The highest BCUT2D eigenvalue weighted by Gasteiger charge is 2.41. The molecule has 3 aromatic rings. The first kappa shape index (κ1) is 21.6. The number of fused-ring (bicyclic) bond motifs is 3. The molecule has 2 aromatic carbocycles. The van der Waals surface area contributed by atoms with Crippen LogP contribution in [0.4, 0.5) is 11.4 Å². The summed E-state index contributed by atoms with van der Waals surface area (Å²) in [6, 6.07) is 18.0. The third kappa shape index (κ3) is 4.35. The van der Waals surface area contributed by atoms with Crippen molar-refractivity contribution in [3.8, 4) is 5.75 Å². The summed E-state index contributed by atoms with van der Waals surface area (Å²) in [5.41, 5.74) is 4.42. The number of carbonyl (C=O) groups excluding carboxylic acids is 1. The van der Waals surface area contributed by atoms with Gasteiger partial charge in [0.25, 0.3) is 0 Å². The lowest BCUT2D eigenvalue weighted by Crippen LogP contribution is -2.61. The fraction of sp³-hybridized carbons (Fsp3) is 0.308. The molecular weight excluding hydrogens is 436 g/mol. The van der Waals surface area contributed by atoms with Crippen LogP contribution in [0.15, 0.2) is 67.0 Å². The number of rotatable bonds is 5. The Kier molecular flexibility index (Phi) is 6.09. The van der Waals surface area contributed by atoms with Crippen LogP contribution in [0.2, 0.25) is 5.02 Å². The lowest BCUT2D eigenvalue weighted by molar-refractivity contribution is -0.126. The zero-order valence-electron chi connectivity index (χ0n) is 18.6. The fourth-order valence-corrected chi connectivity index (χ4v) is 5.18. The van der Waals surface area contributed by atoms with Crippen molar-refractivity contribution in [2.45, 2.75) is 19.0 Å². The molecule has 7 heteroatoms. The average molecular weight is 463 g/mol. The minimum atomic E-state index is -0.162. The van der Waals surface area contributed by atoms with Crippen LogP contribution in [0.1, 0.15) is 11.1 Å². The van der Waals surface area contributed by atoms with E-state index < -0.39 is 0 Å². The Morgan fingerprint density at radius 2 is 2.03 bits per heavy atom. The van der Waals surface area contributed by atoms with Gasteiger partial charge in [0, 0.05) is 49.3 Å². The second-order valence-electron chi connectivity index (χ2n) is 8.54. The molecular formula is C26H27ClN4O2.